The highest BCUT2D eigenvalue weighted by Crippen LogP contribution is 2.46. The summed E-state index contributed by atoms with van der Waals surface area (Å²) in [6.45, 7) is 0. The molecule has 7 heteroatoms. The van der Waals surface area contributed by atoms with Gasteiger partial charge < -0.3 is 10.5 Å². The van der Waals surface area contributed by atoms with Gasteiger partial charge in [-0.2, -0.15) is 5.26 Å². The predicted molar refractivity (Wildman–Crippen MR) is 87.6 cm³/mol. The van der Waals surface area contributed by atoms with Crippen LogP contribution in [0.4, 0.5) is 4.39 Å². The van der Waals surface area contributed by atoms with Crippen LogP contribution >= 0.6 is 11.3 Å². The Morgan fingerprint density at radius 1 is 1.33 bits per heavy atom. The van der Waals surface area contributed by atoms with Gasteiger partial charge in [0.15, 0.2) is 0 Å². The number of fused-ring (bicyclic) bond motifs is 1. The summed E-state index contributed by atoms with van der Waals surface area (Å²) in [4.78, 5) is 0.950. The number of nitriles is 1. The maximum Gasteiger partial charge on any atom is 0.244 e. The number of halogens is 1. The van der Waals surface area contributed by atoms with E-state index in [0.29, 0.717) is 17.0 Å². The summed E-state index contributed by atoms with van der Waals surface area (Å²) in [5.74, 6) is -0.615. The Labute approximate surface area is 140 Å². The molecule has 118 valence electrons. The van der Waals surface area contributed by atoms with E-state index in [0.717, 1.165) is 10.6 Å². The minimum atomic E-state index is -0.537. The number of aromatic nitrogens is 2. The number of benzene rings is 1. The Morgan fingerprint density at radius 3 is 2.92 bits per heavy atom. The zero-order valence-electron chi connectivity index (χ0n) is 12.3. The van der Waals surface area contributed by atoms with Crippen molar-refractivity contribution < 1.29 is 9.13 Å². The van der Waals surface area contributed by atoms with Crippen molar-refractivity contribution >= 4 is 11.3 Å². The summed E-state index contributed by atoms with van der Waals surface area (Å²) in [5.41, 5.74) is 8.19. The number of allylic oxidation sites excluding steroid dienone is 1. The lowest BCUT2D eigenvalue weighted by Crippen LogP contribution is -2.21. The average molecular weight is 338 g/mol. The van der Waals surface area contributed by atoms with E-state index in [1.807, 2.05) is 17.5 Å². The number of nitrogens with two attached hydrogens (primary N) is 1. The van der Waals surface area contributed by atoms with Crippen LogP contribution in [0.2, 0.25) is 0 Å². The second kappa shape index (κ2) is 5.51. The third kappa shape index (κ3) is 2.16. The number of H-pyrrole nitrogens is 1. The van der Waals surface area contributed by atoms with Crippen LogP contribution in [0.15, 0.2) is 53.2 Å². The molecular formula is C17H11FN4OS. The summed E-state index contributed by atoms with van der Waals surface area (Å²) < 4.78 is 19.2. The fourth-order valence-corrected chi connectivity index (χ4v) is 3.61. The molecule has 0 fully saturated rings. The van der Waals surface area contributed by atoms with Crippen molar-refractivity contribution in [1.29, 1.82) is 5.26 Å². The fourth-order valence-electron chi connectivity index (χ4n) is 2.87. The predicted octanol–water partition coefficient (Wildman–Crippen LogP) is 3.50. The molecule has 1 unspecified atom stereocenters. The van der Waals surface area contributed by atoms with Crippen LogP contribution in [0.1, 0.15) is 17.0 Å². The first-order chi connectivity index (χ1) is 11.7. The van der Waals surface area contributed by atoms with E-state index in [-0.39, 0.29) is 17.3 Å². The van der Waals surface area contributed by atoms with E-state index in [1.54, 1.807) is 12.1 Å². The first-order valence-electron chi connectivity index (χ1n) is 7.14. The van der Waals surface area contributed by atoms with Gasteiger partial charge in [-0.05, 0) is 29.1 Å². The lowest BCUT2D eigenvalue weighted by Gasteiger charge is -2.23. The lowest BCUT2D eigenvalue weighted by atomic mass is 9.84. The van der Waals surface area contributed by atoms with E-state index < -0.39 is 5.92 Å². The Bertz CT molecular complexity index is 984. The van der Waals surface area contributed by atoms with Crippen molar-refractivity contribution in [3.8, 4) is 22.5 Å². The van der Waals surface area contributed by atoms with Gasteiger partial charge >= 0.3 is 0 Å². The zero-order valence-corrected chi connectivity index (χ0v) is 13.1. The second-order valence-electron chi connectivity index (χ2n) is 5.27. The van der Waals surface area contributed by atoms with Crippen LogP contribution in [0.25, 0.3) is 10.6 Å². The van der Waals surface area contributed by atoms with Crippen LogP contribution in [0.5, 0.6) is 5.88 Å². The van der Waals surface area contributed by atoms with Gasteiger partial charge in [-0.25, -0.2) is 4.39 Å². The van der Waals surface area contributed by atoms with Crippen LogP contribution in [0.3, 0.4) is 0 Å². The van der Waals surface area contributed by atoms with E-state index in [4.69, 9.17) is 10.5 Å². The number of rotatable bonds is 2. The highest BCUT2D eigenvalue weighted by Gasteiger charge is 2.35. The van der Waals surface area contributed by atoms with Crippen molar-refractivity contribution in [2.24, 2.45) is 5.73 Å². The quantitative estimate of drug-likeness (QED) is 0.748. The van der Waals surface area contributed by atoms with Gasteiger partial charge in [0.2, 0.25) is 11.8 Å². The van der Waals surface area contributed by atoms with E-state index in [9.17, 15) is 9.65 Å². The van der Waals surface area contributed by atoms with Gasteiger partial charge in [0, 0.05) is 0 Å². The number of ether oxygens (including phenoxy) is 1. The molecule has 0 saturated carbocycles. The third-order valence-corrected chi connectivity index (χ3v) is 4.78. The summed E-state index contributed by atoms with van der Waals surface area (Å²) in [6, 6.07) is 12.1. The molecular weight excluding hydrogens is 327 g/mol. The van der Waals surface area contributed by atoms with Crippen LogP contribution in [0, 0.1) is 17.1 Å². The topological polar surface area (TPSA) is 87.7 Å². The third-order valence-electron chi connectivity index (χ3n) is 3.89. The summed E-state index contributed by atoms with van der Waals surface area (Å²) in [5, 5.41) is 18.6. The SMILES string of the molecule is N#CC1=C(N)Oc2n[nH]c(-c3cccs3)c2C1c1cccc(F)c1. The molecule has 24 heavy (non-hydrogen) atoms. The van der Waals surface area contributed by atoms with Gasteiger partial charge in [0.25, 0.3) is 0 Å². The zero-order chi connectivity index (χ0) is 16.7. The molecule has 3 heterocycles. The molecule has 1 aliphatic rings. The van der Waals surface area contributed by atoms with Crippen LogP contribution in [-0.2, 0) is 0 Å². The van der Waals surface area contributed by atoms with Crippen molar-refractivity contribution in [3.05, 3.63) is 70.2 Å². The van der Waals surface area contributed by atoms with Crippen LogP contribution < -0.4 is 10.5 Å². The lowest BCUT2D eigenvalue weighted by molar-refractivity contribution is 0.379. The minimum absolute atomic E-state index is 0.0107. The summed E-state index contributed by atoms with van der Waals surface area (Å²) >= 11 is 1.53. The van der Waals surface area contributed by atoms with Crippen molar-refractivity contribution in [3.63, 3.8) is 0 Å². The number of thiophene rings is 1. The maximum absolute atomic E-state index is 13.7. The smallest absolute Gasteiger partial charge is 0.244 e. The first kappa shape index (κ1) is 14.5. The number of hydrogen-bond donors (Lipinski definition) is 2. The monoisotopic (exact) mass is 338 g/mol. The second-order valence-corrected chi connectivity index (χ2v) is 6.22. The first-order valence-corrected chi connectivity index (χ1v) is 8.02. The summed E-state index contributed by atoms with van der Waals surface area (Å²) in [7, 11) is 0. The molecule has 0 bridgehead atoms. The number of hydrogen-bond acceptors (Lipinski definition) is 5. The number of nitrogens with zero attached hydrogens (tertiary/aromatic N) is 2. The Morgan fingerprint density at radius 2 is 2.21 bits per heavy atom. The molecule has 3 aromatic rings. The molecule has 3 N–H and O–H groups in total. The Balaban J connectivity index is 1.97. The van der Waals surface area contributed by atoms with Crippen molar-refractivity contribution in [2.75, 3.05) is 0 Å². The molecule has 0 spiro atoms. The Hall–Kier alpha value is -3.11. The minimum Gasteiger partial charge on any atom is -0.420 e. The molecule has 0 aliphatic carbocycles. The molecule has 4 rings (SSSR count). The molecule has 0 amide bonds. The van der Waals surface area contributed by atoms with Gasteiger partial charge in [-0.1, -0.05) is 18.2 Å². The molecule has 1 atom stereocenters. The molecule has 2 aromatic heterocycles. The maximum atomic E-state index is 13.7. The van der Waals surface area contributed by atoms with Gasteiger partial charge in [0.1, 0.15) is 17.5 Å². The van der Waals surface area contributed by atoms with E-state index >= 15 is 0 Å². The highest BCUT2D eigenvalue weighted by molar-refractivity contribution is 7.13. The van der Waals surface area contributed by atoms with Gasteiger partial charge in [-0.15, -0.1) is 16.4 Å². The Kier molecular flexibility index (Phi) is 3.32. The number of aromatic amines is 1. The summed E-state index contributed by atoms with van der Waals surface area (Å²) in [6.07, 6.45) is 0. The van der Waals surface area contributed by atoms with Crippen LogP contribution in [-0.4, -0.2) is 10.2 Å². The van der Waals surface area contributed by atoms with Gasteiger partial charge in [0.05, 0.1) is 22.1 Å². The molecule has 0 saturated heterocycles. The normalized spacial score (nSPS) is 16.4. The standard InChI is InChI=1S/C17H11FN4OS/c18-10-4-1-3-9(7-10)13-11(8-19)16(20)23-17-14(13)15(21-22-17)12-5-2-6-24-12/h1-7,13H,20H2,(H,21,22). The highest BCUT2D eigenvalue weighted by atomic mass is 32.1. The van der Waals surface area contributed by atoms with Gasteiger partial charge in [-0.3, -0.25) is 5.10 Å². The largest absolute Gasteiger partial charge is 0.420 e. The molecule has 0 radical (unpaired) electrons. The number of nitrogens with one attached hydrogen (secondary N) is 1. The van der Waals surface area contributed by atoms with E-state index in [2.05, 4.69) is 16.3 Å². The molecule has 1 aliphatic heterocycles. The molecule has 1 aromatic carbocycles. The molecule has 5 nitrogen and oxygen atoms in total. The fraction of sp³-hybridized carbons (Fsp3) is 0.0588. The average Bonchev–Trinajstić information content (AvgIpc) is 3.22. The van der Waals surface area contributed by atoms with Crippen molar-refractivity contribution in [2.45, 2.75) is 5.92 Å². The van der Waals surface area contributed by atoms with Crippen molar-refractivity contribution in [1.82, 2.24) is 10.2 Å². The van der Waals surface area contributed by atoms with E-state index in [1.165, 1.54) is 23.5 Å².